The first-order valence-electron chi connectivity index (χ1n) is 9.97. The van der Waals surface area contributed by atoms with E-state index in [1.54, 1.807) is 0 Å². The van der Waals surface area contributed by atoms with E-state index < -0.39 is 0 Å². The summed E-state index contributed by atoms with van der Waals surface area (Å²) in [5, 5.41) is 5.03. The van der Waals surface area contributed by atoms with Crippen LogP contribution < -0.4 is 30.7 Å². The summed E-state index contributed by atoms with van der Waals surface area (Å²) < 4.78 is 10.9. The van der Waals surface area contributed by atoms with Gasteiger partial charge < -0.3 is 30.3 Å². The number of nitrogens with two attached hydrogens (primary N) is 2. The minimum Gasteiger partial charge on any atom is -0.454 e. The van der Waals surface area contributed by atoms with Crippen LogP contribution in [0.25, 0.3) is 0 Å². The molecule has 5 N–H and O–H groups in total. The van der Waals surface area contributed by atoms with Gasteiger partial charge in [-0.15, -0.1) is 4.99 Å². The highest BCUT2D eigenvalue weighted by Gasteiger charge is 2.22. The number of likely N-dealkylation sites (N-methyl/N-ethyl adjacent to an activating group) is 1. The minimum atomic E-state index is 0.200. The molecule has 156 valence electrons. The number of nitrogens with zero attached hydrogens (tertiary/aromatic N) is 5. The number of hydrogen-bond acceptors (Lipinski definition) is 7. The highest BCUT2D eigenvalue weighted by Crippen LogP contribution is 2.38. The second-order valence-corrected chi connectivity index (χ2v) is 7.51. The number of pyridine rings is 1. The number of aromatic nitrogens is 1. The predicted molar refractivity (Wildman–Crippen MR) is 114 cm³/mol. The van der Waals surface area contributed by atoms with Crippen LogP contribution in [0.1, 0.15) is 5.56 Å². The SMILES string of the molecule is CN1CCN(c2cc3c(cn2)CN=C(N=C(N)Nc2cccc4c2OCO4)[NH2+]3)CC1. The monoisotopic (exact) mass is 409 g/mol. The van der Waals surface area contributed by atoms with Gasteiger partial charge in [-0.1, -0.05) is 6.07 Å². The average Bonchev–Trinajstić information content (AvgIpc) is 3.24. The van der Waals surface area contributed by atoms with Crippen molar-refractivity contribution in [1.82, 2.24) is 9.88 Å². The number of anilines is 2. The zero-order valence-electron chi connectivity index (χ0n) is 16.8. The van der Waals surface area contributed by atoms with Gasteiger partial charge in [0.2, 0.25) is 12.8 Å². The number of guanidine groups is 2. The fourth-order valence-electron chi connectivity index (χ4n) is 3.70. The molecule has 3 aliphatic rings. The molecule has 0 bridgehead atoms. The summed E-state index contributed by atoms with van der Waals surface area (Å²) in [5.74, 6) is 3.13. The zero-order chi connectivity index (χ0) is 20.5. The molecular weight excluding hydrogens is 384 g/mol. The summed E-state index contributed by atoms with van der Waals surface area (Å²) in [6, 6.07) is 7.70. The van der Waals surface area contributed by atoms with Crippen molar-refractivity contribution in [2.24, 2.45) is 15.7 Å². The molecule has 10 nitrogen and oxygen atoms in total. The topological polar surface area (TPSA) is 117 Å². The summed E-state index contributed by atoms with van der Waals surface area (Å²) in [7, 11) is 2.15. The van der Waals surface area contributed by atoms with Crippen molar-refractivity contribution < 1.29 is 14.8 Å². The third-order valence-electron chi connectivity index (χ3n) is 5.43. The molecule has 0 spiro atoms. The molecule has 0 aliphatic carbocycles. The van der Waals surface area contributed by atoms with Gasteiger partial charge in [-0.05, 0) is 19.2 Å². The maximum absolute atomic E-state index is 6.13. The van der Waals surface area contributed by atoms with Crippen molar-refractivity contribution in [2.45, 2.75) is 6.54 Å². The Morgan fingerprint density at radius 2 is 2.10 bits per heavy atom. The van der Waals surface area contributed by atoms with Crippen molar-refractivity contribution >= 4 is 29.1 Å². The number of nitrogens with one attached hydrogen (secondary N) is 1. The number of fused-ring (bicyclic) bond motifs is 2. The quantitative estimate of drug-likeness (QED) is 0.474. The van der Waals surface area contributed by atoms with Crippen LogP contribution in [0.4, 0.5) is 17.2 Å². The van der Waals surface area contributed by atoms with Gasteiger partial charge in [-0.3, -0.25) is 0 Å². The first-order valence-corrected chi connectivity index (χ1v) is 9.97. The molecule has 0 saturated carbocycles. The van der Waals surface area contributed by atoms with Crippen molar-refractivity contribution in [3.05, 3.63) is 36.0 Å². The van der Waals surface area contributed by atoms with Crippen molar-refractivity contribution in [2.75, 3.05) is 50.2 Å². The molecule has 0 atom stereocenters. The number of benzene rings is 1. The maximum Gasteiger partial charge on any atom is 0.329 e. The minimum absolute atomic E-state index is 0.200. The lowest BCUT2D eigenvalue weighted by Crippen LogP contribution is -2.83. The van der Waals surface area contributed by atoms with Crippen LogP contribution in [0.15, 0.2) is 40.4 Å². The summed E-state index contributed by atoms with van der Waals surface area (Å²) >= 11 is 0. The van der Waals surface area contributed by atoms with E-state index in [4.69, 9.17) is 15.2 Å². The molecule has 4 heterocycles. The summed E-state index contributed by atoms with van der Waals surface area (Å²) in [6.45, 7) is 4.77. The van der Waals surface area contributed by atoms with Crippen molar-refractivity contribution in [3.8, 4) is 11.5 Å². The third-order valence-corrected chi connectivity index (χ3v) is 5.43. The Balaban J connectivity index is 1.29. The Labute approximate surface area is 174 Å². The highest BCUT2D eigenvalue weighted by atomic mass is 16.7. The predicted octanol–water partition coefficient (Wildman–Crippen LogP) is 0.0534. The molecule has 1 aromatic heterocycles. The van der Waals surface area contributed by atoms with Gasteiger partial charge in [0.05, 0.1) is 17.8 Å². The number of hydrogen-bond donors (Lipinski definition) is 3. The summed E-state index contributed by atoms with van der Waals surface area (Å²) in [6.07, 6.45) is 1.91. The van der Waals surface area contributed by atoms with E-state index in [1.165, 1.54) is 0 Å². The van der Waals surface area contributed by atoms with Gasteiger partial charge >= 0.3 is 5.96 Å². The number of aliphatic imine (C=N–C) groups is 2. The normalized spacial score (nSPS) is 18.8. The average molecular weight is 409 g/mol. The first-order chi connectivity index (χ1) is 14.7. The molecule has 5 rings (SSSR count). The lowest BCUT2D eigenvalue weighted by molar-refractivity contribution is -0.448. The molecule has 1 fully saturated rings. The number of para-hydroxylation sites is 1. The van der Waals surface area contributed by atoms with E-state index in [0.29, 0.717) is 29.7 Å². The van der Waals surface area contributed by atoms with Crippen molar-refractivity contribution in [1.29, 1.82) is 0 Å². The summed E-state index contributed by atoms with van der Waals surface area (Å²) in [4.78, 5) is 18.2. The van der Waals surface area contributed by atoms with E-state index in [9.17, 15) is 0 Å². The molecule has 1 saturated heterocycles. The van der Waals surface area contributed by atoms with E-state index in [0.717, 1.165) is 43.2 Å². The van der Waals surface area contributed by atoms with Crippen molar-refractivity contribution in [3.63, 3.8) is 0 Å². The second-order valence-electron chi connectivity index (χ2n) is 7.51. The van der Waals surface area contributed by atoms with E-state index in [-0.39, 0.29) is 12.8 Å². The molecule has 10 heteroatoms. The second kappa shape index (κ2) is 7.81. The van der Waals surface area contributed by atoms with E-state index in [2.05, 4.69) is 43.2 Å². The number of ether oxygens (including phenoxy) is 2. The summed E-state index contributed by atoms with van der Waals surface area (Å²) in [5.41, 5.74) is 9.01. The molecule has 2 aromatic rings. The first kappa shape index (κ1) is 18.6. The van der Waals surface area contributed by atoms with Crippen LogP contribution in [-0.4, -0.2) is 61.8 Å². The lowest BCUT2D eigenvalue weighted by atomic mass is 10.2. The van der Waals surface area contributed by atoms with Gasteiger partial charge in [0.25, 0.3) is 0 Å². The molecule has 0 radical (unpaired) electrons. The Hall–Kier alpha value is -3.37. The smallest absolute Gasteiger partial charge is 0.329 e. The van der Waals surface area contributed by atoms with Gasteiger partial charge in [0, 0.05) is 38.4 Å². The fraction of sp³-hybridized carbons (Fsp3) is 0.350. The van der Waals surface area contributed by atoms with Gasteiger partial charge in [-0.25, -0.2) is 15.3 Å². The number of rotatable bonds is 2. The number of quaternary nitrogens is 1. The molecular formula is C20H25N8O2+. The molecule has 30 heavy (non-hydrogen) atoms. The fourth-order valence-corrected chi connectivity index (χ4v) is 3.70. The standard InChI is InChI=1S/C20H24N8O2/c1-27-5-7-28(8-6-27)17-9-15-13(10-22-17)11-23-20(25-15)26-19(21)24-14-3-2-4-16-18(14)30-12-29-16/h2-4,9-10H,5-8,11-12H2,1H3,(H4,21,23,24,25,26)/p+1. The Morgan fingerprint density at radius 1 is 1.23 bits per heavy atom. The van der Waals surface area contributed by atoms with Crippen LogP contribution in [0.5, 0.6) is 11.5 Å². The van der Waals surface area contributed by atoms with Gasteiger partial charge in [0.15, 0.2) is 11.5 Å². The van der Waals surface area contributed by atoms with Gasteiger partial charge in [-0.2, -0.15) is 0 Å². The molecule has 3 aliphatic heterocycles. The highest BCUT2D eigenvalue weighted by molar-refractivity contribution is 6.00. The maximum atomic E-state index is 6.13. The third kappa shape index (κ3) is 3.74. The van der Waals surface area contributed by atoms with Gasteiger partial charge in [0.1, 0.15) is 11.5 Å². The molecule has 0 unspecified atom stereocenters. The van der Waals surface area contributed by atoms with Crippen LogP contribution in [0.2, 0.25) is 0 Å². The van der Waals surface area contributed by atoms with Crippen LogP contribution in [-0.2, 0) is 6.54 Å². The van der Waals surface area contributed by atoms with Crippen LogP contribution in [0.3, 0.4) is 0 Å². The van der Waals surface area contributed by atoms with E-state index >= 15 is 0 Å². The Kier molecular flexibility index (Phi) is 4.85. The molecule has 0 amide bonds. The Morgan fingerprint density at radius 3 is 2.97 bits per heavy atom. The van der Waals surface area contributed by atoms with E-state index in [1.807, 2.05) is 29.7 Å². The lowest BCUT2D eigenvalue weighted by Gasteiger charge is -2.33. The van der Waals surface area contributed by atoms with Crippen LogP contribution >= 0.6 is 0 Å². The zero-order valence-corrected chi connectivity index (χ0v) is 16.8. The van der Waals surface area contributed by atoms with Crippen LogP contribution in [0, 0.1) is 0 Å². The number of piperazine rings is 1. The largest absolute Gasteiger partial charge is 0.454 e. The molecule has 1 aromatic carbocycles. The Bertz CT molecular complexity index is 1010.